The number of rotatable bonds is 1. The van der Waals surface area contributed by atoms with Crippen molar-refractivity contribution in [3.63, 3.8) is 0 Å². The first kappa shape index (κ1) is 7.06. The molecule has 59 valence electrons. The van der Waals surface area contributed by atoms with E-state index in [4.69, 9.17) is 0 Å². The molecule has 0 unspecified atom stereocenters. The van der Waals surface area contributed by atoms with Crippen molar-refractivity contribution in [1.29, 1.82) is 0 Å². The third-order valence-electron chi connectivity index (χ3n) is 1.75. The van der Waals surface area contributed by atoms with Crippen LogP contribution in [-0.4, -0.2) is 31.2 Å². The van der Waals surface area contributed by atoms with Crippen LogP contribution in [0.5, 0.6) is 0 Å². The van der Waals surface area contributed by atoms with Crippen molar-refractivity contribution < 1.29 is 0 Å². The molecule has 0 N–H and O–H groups in total. The molecule has 11 heavy (non-hydrogen) atoms. The summed E-state index contributed by atoms with van der Waals surface area (Å²) in [5, 5.41) is 7.43. The van der Waals surface area contributed by atoms with Crippen LogP contribution in [0.1, 0.15) is 0 Å². The molecule has 1 aliphatic heterocycles. The minimum absolute atomic E-state index is 0.958. The van der Waals surface area contributed by atoms with E-state index in [9.17, 15) is 0 Å². The number of nitrogens with zero attached hydrogens (tertiary/aromatic N) is 3. The Balaban J connectivity index is 2.04. The minimum atomic E-state index is 0.958. The second-order valence-electron chi connectivity index (χ2n) is 2.47. The summed E-state index contributed by atoms with van der Waals surface area (Å²) >= 11 is 1.70. The molecular weight excluding hydrogens is 158 g/mol. The fourth-order valence-corrected chi connectivity index (χ4v) is 1.87. The second-order valence-corrected chi connectivity index (χ2v) is 3.35. The van der Waals surface area contributed by atoms with Gasteiger partial charge in [-0.1, -0.05) is 0 Å². The molecule has 0 spiro atoms. The molecule has 1 aromatic heterocycles. The zero-order chi connectivity index (χ0) is 7.52. The number of hydrogen-bond donors (Lipinski definition) is 0. The molecule has 0 amide bonds. The van der Waals surface area contributed by atoms with Gasteiger partial charge >= 0.3 is 0 Å². The Hall–Kier alpha value is -0.610. The molecule has 0 bridgehead atoms. The van der Waals surface area contributed by atoms with E-state index in [2.05, 4.69) is 15.2 Å². The smallest absolute Gasteiger partial charge is 0.185 e. The van der Waals surface area contributed by atoms with Crippen molar-refractivity contribution >= 4 is 16.5 Å². The van der Waals surface area contributed by atoms with E-state index < -0.39 is 0 Å². The molecule has 2 heterocycles. The van der Waals surface area contributed by atoms with Gasteiger partial charge in [-0.05, 0) is 0 Å². The van der Waals surface area contributed by atoms with E-state index in [0.717, 1.165) is 31.3 Å². The molecule has 1 aliphatic rings. The molecular formula is C7H10N3S. The predicted octanol–water partition coefficient (Wildman–Crippen LogP) is 0.567. The molecule has 0 atom stereocenters. The zero-order valence-electron chi connectivity index (χ0n) is 6.23. The van der Waals surface area contributed by atoms with Gasteiger partial charge in [-0.25, -0.2) is 10.3 Å². The summed E-state index contributed by atoms with van der Waals surface area (Å²) < 4.78 is 0. The average Bonchev–Trinajstić information content (AvgIpc) is 2.58. The number of thiazole rings is 1. The summed E-state index contributed by atoms with van der Waals surface area (Å²) in [6.45, 7) is 3.99. The van der Waals surface area contributed by atoms with E-state index in [0.29, 0.717) is 0 Å². The average molecular weight is 168 g/mol. The van der Waals surface area contributed by atoms with Crippen LogP contribution in [-0.2, 0) is 0 Å². The van der Waals surface area contributed by atoms with Crippen LogP contribution in [0.4, 0.5) is 5.13 Å². The maximum atomic E-state index is 4.27. The predicted molar refractivity (Wildman–Crippen MR) is 46.2 cm³/mol. The third-order valence-corrected chi connectivity index (χ3v) is 2.58. The monoisotopic (exact) mass is 168 g/mol. The highest BCUT2D eigenvalue weighted by molar-refractivity contribution is 7.13. The minimum Gasteiger partial charge on any atom is -0.345 e. The Bertz CT molecular complexity index is 203. The Morgan fingerprint density at radius 3 is 2.82 bits per heavy atom. The maximum absolute atomic E-state index is 4.27. The van der Waals surface area contributed by atoms with Gasteiger partial charge in [0.15, 0.2) is 5.13 Å². The van der Waals surface area contributed by atoms with E-state index in [1.807, 2.05) is 11.6 Å². The van der Waals surface area contributed by atoms with Crippen molar-refractivity contribution in [3.05, 3.63) is 11.6 Å². The summed E-state index contributed by atoms with van der Waals surface area (Å²) in [5.41, 5.74) is 0. The molecule has 1 fully saturated rings. The van der Waals surface area contributed by atoms with Gasteiger partial charge in [0.05, 0.1) is 0 Å². The molecule has 0 aliphatic carbocycles. The van der Waals surface area contributed by atoms with E-state index in [1.54, 1.807) is 11.3 Å². The van der Waals surface area contributed by atoms with Crippen LogP contribution in [0.3, 0.4) is 0 Å². The highest BCUT2D eigenvalue weighted by atomic mass is 32.1. The zero-order valence-corrected chi connectivity index (χ0v) is 7.05. The Kier molecular flexibility index (Phi) is 2.05. The lowest BCUT2D eigenvalue weighted by molar-refractivity contribution is 0.578. The van der Waals surface area contributed by atoms with Crippen LogP contribution in [0.2, 0.25) is 0 Å². The largest absolute Gasteiger partial charge is 0.345 e. The molecule has 1 saturated heterocycles. The topological polar surface area (TPSA) is 30.2 Å². The Morgan fingerprint density at radius 1 is 1.36 bits per heavy atom. The summed E-state index contributed by atoms with van der Waals surface area (Å²) in [6, 6.07) is 0. The van der Waals surface area contributed by atoms with Crippen molar-refractivity contribution in [3.8, 4) is 0 Å². The van der Waals surface area contributed by atoms with Crippen molar-refractivity contribution in [1.82, 2.24) is 10.3 Å². The van der Waals surface area contributed by atoms with Gasteiger partial charge in [-0.15, -0.1) is 11.3 Å². The van der Waals surface area contributed by atoms with Crippen LogP contribution >= 0.6 is 11.3 Å². The maximum Gasteiger partial charge on any atom is 0.185 e. The highest BCUT2D eigenvalue weighted by Gasteiger charge is 2.11. The van der Waals surface area contributed by atoms with Crippen LogP contribution in [0.15, 0.2) is 11.6 Å². The first-order valence-corrected chi connectivity index (χ1v) is 4.62. The van der Waals surface area contributed by atoms with Crippen LogP contribution in [0.25, 0.3) is 0 Å². The summed E-state index contributed by atoms with van der Waals surface area (Å²) in [6.07, 6.45) is 1.85. The fourth-order valence-electron chi connectivity index (χ4n) is 1.17. The second kappa shape index (κ2) is 3.19. The normalized spacial score (nSPS) is 18.7. The van der Waals surface area contributed by atoms with Gasteiger partial charge in [0.25, 0.3) is 0 Å². The molecule has 3 nitrogen and oxygen atoms in total. The first-order valence-electron chi connectivity index (χ1n) is 3.74. The summed E-state index contributed by atoms with van der Waals surface area (Å²) in [4.78, 5) is 6.53. The lowest BCUT2D eigenvalue weighted by atomic mass is 10.4. The van der Waals surface area contributed by atoms with Gasteiger partial charge in [0.1, 0.15) is 0 Å². The van der Waals surface area contributed by atoms with Gasteiger partial charge in [0.2, 0.25) is 0 Å². The van der Waals surface area contributed by atoms with E-state index >= 15 is 0 Å². The molecule has 1 aromatic rings. The third kappa shape index (κ3) is 1.52. The molecule has 1 radical (unpaired) electrons. The molecule has 2 rings (SSSR count). The number of aromatic nitrogens is 1. The van der Waals surface area contributed by atoms with Gasteiger partial charge in [-0.2, -0.15) is 0 Å². The fraction of sp³-hybridized carbons (Fsp3) is 0.571. The quantitative estimate of drug-likeness (QED) is 0.613. The summed E-state index contributed by atoms with van der Waals surface area (Å²) in [5.74, 6) is 0. The first-order chi connectivity index (χ1) is 5.47. The molecule has 0 aromatic carbocycles. The molecule has 0 saturated carbocycles. The van der Waals surface area contributed by atoms with Gasteiger partial charge in [-0.3, -0.25) is 0 Å². The summed E-state index contributed by atoms with van der Waals surface area (Å²) in [7, 11) is 0. The molecule has 4 heteroatoms. The lowest BCUT2D eigenvalue weighted by Gasteiger charge is -2.25. The number of anilines is 1. The van der Waals surface area contributed by atoms with E-state index in [1.165, 1.54) is 0 Å². The van der Waals surface area contributed by atoms with Crippen LogP contribution < -0.4 is 10.2 Å². The van der Waals surface area contributed by atoms with E-state index in [-0.39, 0.29) is 0 Å². The standard InChI is InChI=1S/C7H10N3S/c1-4-10(5-2-8-1)7-9-3-6-11-7/h3,6H,1-2,4-5H2. The van der Waals surface area contributed by atoms with Gasteiger partial charge in [0, 0.05) is 37.8 Å². The SMILES string of the molecule is c1csc(N2CC[N]CC2)n1. The lowest BCUT2D eigenvalue weighted by Crippen LogP contribution is -2.40. The Labute approximate surface area is 70.1 Å². The van der Waals surface area contributed by atoms with Crippen molar-refractivity contribution in [2.24, 2.45) is 0 Å². The number of piperazine rings is 1. The van der Waals surface area contributed by atoms with Crippen molar-refractivity contribution in [2.75, 3.05) is 31.1 Å². The van der Waals surface area contributed by atoms with Gasteiger partial charge < -0.3 is 4.90 Å². The number of hydrogen-bond acceptors (Lipinski definition) is 3. The van der Waals surface area contributed by atoms with Crippen molar-refractivity contribution in [2.45, 2.75) is 0 Å². The Morgan fingerprint density at radius 2 is 2.18 bits per heavy atom. The highest BCUT2D eigenvalue weighted by Crippen LogP contribution is 2.16. The van der Waals surface area contributed by atoms with Crippen LogP contribution in [0, 0.1) is 0 Å².